The van der Waals surface area contributed by atoms with Gasteiger partial charge >= 0.3 is 0 Å². The van der Waals surface area contributed by atoms with Crippen molar-refractivity contribution in [2.75, 3.05) is 0 Å². The molecule has 0 amide bonds. The van der Waals surface area contributed by atoms with Gasteiger partial charge in [0.1, 0.15) is 6.29 Å². The third-order valence-electron chi connectivity index (χ3n) is 2.35. The summed E-state index contributed by atoms with van der Waals surface area (Å²) >= 11 is 0. The average molecular weight is 208 g/mol. The Bertz CT molecular complexity index is 180. The lowest BCUT2D eigenvalue weighted by Crippen LogP contribution is -1.74. The van der Waals surface area contributed by atoms with Crippen LogP contribution >= 0.6 is 0 Å². The molecule has 0 aromatic heterocycles. The summed E-state index contributed by atoms with van der Waals surface area (Å²) in [5.74, 6) is 0. The molecule has 0 unspecified atom stereocenters. The van der Waals surface area contributed by atoms with Gasteiger partial charge < -0.3 is 0 Å². The third kappa shape index (κ3) is 13.2. The van der Waals surface area contributed by atoms with Crippen LogP contribution in [0.2, 0.25) is 0 Å². The molecule has 1 nitrogen and oxygen atoms in total. The molecule has 0 bridgehead atoms. The van der Waals surface area contributed by atoms with E-state index < -0.39 is 0 Å². The molecule has 0 radical (unpaired) electrons. The minimum absolute atomic E-state index is 0.841. The second-order valence-electron chi connectivity index (χ2n) is 3.82. The van der Waals surface area contributed by atoms with Crippen LogP contribution in [0.5, 0.6) is 0 Å². The highest BCUT2D eigenvalue weighted by Crippen LogP contribution is 2.04. The Hall–Kier alpha value is -0.850. The number of aldehydes is 1. The fraction of sp³-hybridized carbons (Fsp3) is 0.643. The fourth-order valence-electron chi connectivity index (χ4n) is 1.42. The normalized spacial score (nSPS) is 11.5. The molecule has 0 saturated heterocycles. The summed E-state index contributed by atoms with van der Waals surface area (Å²) in [7, 11) is 0. The smallest absolute Gasteiger partial charge is 0.142 e. The van der Waals surface area contributed by atoms with Crippen LogP contribution in [0.3, 0.4) is 0 Å². The Labute approximate surface area is 94.3 Å². The van der Waals surface area contributed by atoms with Gasteiger partial charge in [-0.15, -0.1) is 0 Å². The van der Waals surface area contributed by atoms with Gasteiger partial charge in [0.15, 0.2) is 0 Å². The molecule has 0 aliphatic heterocycles. The summed E-state index contributed by atoms with van der Waals surface area (Å²) < 4.78 is 0. The molecule has 0 fully saturated rings. The van der Waals surface area contributed by atoms with Crippen molar-refractivity contribution < 1.29 is 4.79 Å². The zero-order valence-corrected chi connectivity index (χ0v) is 9.95. The molecule has 0 aromatic carbocycles. The minimum Gasteiger partial charge on any atom is -0.299 e. The van der Waals surface area contributed by atoms with Crippen molar-refractivity contribution in [1.82, 2.24) is 0 Å². The van der Waals surface area contributed by atoms with Gasteiger partial charge in [0, 0.05) is 0 Å². The Balaban J connectivity index is 3.09. The van der Waals surface area contributed by atoms with Crippen molar-refractivity contribution in [3.63, 3.8) is 0 Å². The van der Waals surface area contributed by atoms with Gasteiger partial charge in [0.25, 0.3) is 0 Å². The van der Waals surface area contributed by atoms with E-state index in [1.807, 2.05) is 6.08 Å². The van der Waals surface area contributed by atoms with Gasteiger partial charge in [0.05, 0.1) is 0 Å². The van der Waals surface area contributed by atoms with Gasteiger partial charge in [-0.1, -0.05) is 38.0 Å². The van der Waals surface area contributed by atoms with Gasteiger partial charge in [-0.25, -0.2) is 0 Å². The molecule has 0 saturated carbocycles. The van der Waals surface area contributed by atoms with Crippen molar-refractivity contribution >= 4 is 6.29 Å². The summed E-state index contributed by atoms with van der Waals surface area (Å²) in [5.41, 5.74) is 0. The van der Waals surface area contributed by atoms with Crippen molar-refractivity contribution in [2.24, 2.45) is 0 Å². The van der Waals surface area contributed by atoms with E-state index in [9.17, 15) is 4.79 Å². The molecule has 15 heavy (non-hydrogen) atoms. The topological polar surface area (TPSA) is 17.1 Å². The maximum Gasteiger partial charge on any atom is 0.142 e. The number of allylic oxidation sites excluding steroid dienone is 4. The van der Waals surface area contributed by atoms with Crippen molar-refractivity contribution in [3.8, 4) is 0 Å². The van der Waals surface area contributed by atoms with Crippen LogP contribution in [0.25, 0.3) is 0 Å². The molecule has 0 rings (SSSR count). The van der Waals surface area contributed by atoms with Crippen LogP contribution in [0.1, 0.15) is 58.3 Å². The molecule has 0 heterocycles. The first-order chi connectivity index (χ1) is 7.41. The summed E-state index contributed by atoms with van der Waals surface area (Å²) in [4.78, 5) is 9.97. The van der Waals surface area contributed by atoms with Crippen molar-refractivity contribution in [3.05, 3.63) is 24.3 Å². The second kappa shape index (κ2) is 13.2. The van der Waals surface area contributed by atoms with E-state index in [4.69, 9.17) is 0 Å². The van der Waals surface area contributed by atoms with Gasteiger partial charge in [-0.05, 0) is 44.6 Å². The van der Waals surface area contributed by atoms with Crippen molar-refractivity contribution in [1.29, 1.82) is 0 Å². The first-order valence-electron chi connectivity index (χ1n) is 6.17. The zero-order valence-electron chi connectivity index (χ0n) is 9.95. The first kappa shape index (κ1) is 14.2. The van der Waals surface area contributed by atoms with E-state index in [-0.39, 0.29) is 0 Å². The van der Waals surface area contributed by atoms with Crippen LogP contribution in [0.4, 0.5) is 0 Å². The molecular weight excluding hydrogens is 184 g/mol. The van der Waals surface area contributed by atoms with E-state index in [1.54, 1.807) is 6.08 Å². The fourth-order valence-corrected chi connectivity index (χ4v) is 1.42. The van der Waals surface area contributed by atoms with E-state index in [1.165, 1.54) is 44.9 Å². The van der Waals surface area contributed by atoms with Gasteiger partial charge in [0.2, 0.25) is 0 Å². The maximum absolute atomic E-state index is 9.97. The van der Waals surface area contributed by atoms with Crippen molar-refractivity contribution in [2.45, 2.75) is 58.3 Å². The van der Waals surface area contributed by atoms with Crippen LogP contribution in [0.15, 0.2) is 24.3 Å². The number of carbonyl (C=O) groups is 1. The predicted molar refractivity (Wildman–Crippen MR) is 67.0 cm³/mol. The molecule has 0 aliphatic carbocycles. The molecule has 0 N–H and O–H groups in total. The average Bonchev–Trinajstić information content (AvgIpc) is 2.26. The highest BCUT2D eigenvalue weighted by atomic mass is 16.1. The van der Waals surface area contributed by atoms with Gasteiger partial charge in [-0.3, -0.25) is 4.79 Å². The zero-order chi connectivity index (χ0) is 11.2. The molecule has 0 spiro atoms. The lowest BCUT2D eigenvalue weighted by molar-refractivity contribution is -0.104. The lowest BCUT2D eigenvalue weighted by Gasteiger charge is -1.93. The molecule has 1 heteroatoms. The molecule has 86 valence electrons. The summed E-state index contributed by atoms with van der Waals surface area (Å²) in [6.45, 7) is 2.23. The number of carbonyl (C=O) groups excluding carboxylic acids is 1. The Morgan fingerprint density at radius 3 is 1.87 bits per heavy atom. The summed E-state index contributed by atoms with van der Waals surface area (Å²) in [6.07, 6.45) is 18.8. The Morgan fingerprint density at radius 1 is 0.800 bits per heavy atom. The van der Waals surface area contributed by atoms with Crippen LogP contribution in [-0.2, 0) is 4.79 Å². The highest BCUT2D eigenvalue weighted by Gasteiger charge is 1.84. The van der Waals surface area contributed by atoms with E-state index in [0.717, 1.165) is 12.7 Å². The first-order valence-corrected chi connectivity index (χ1v) is 6.17. The second-order valence-corrected chi connectivity index (χ2v) is 3.82. The molecule has 0 aliphatic rings. The quantitative estimate of drug-likeness (QED) is 0.224. The number of unbranched alkanes of at least 4 members (excludes halogenated alkanes) is 6. The van der Waals surface area contributed by atoms with Crippen LogP contribution in [0, 0.1) is 0 Å². The third-order valence-corrected chi connectivity index (χ3v) is 2.35. The molecule has 0 aromatic rings. The SMILES string of the molecule is CCCCCC=CCCCCC=CC=O. The van der Waals surface area contributed by atoms with E-state index in [2.05, 4.69) is 19.1 Å². The monoisotopic (exact) mass is 208 g/mol. The summed E-state index contributed by atoms with van der Waals surface area (Å²) in [6, 6.07) is 0. The highest BCUT2D eigenvalue weighted by molar-refractivity contribution is 5.64. The number of hydrogen-bond acceptors (Lipinski definition) is 1. The molecular formula is C14H24O. The molecule has 0 atom stereocenters. The van der Waals surface area contributed by atoms with Crippen LogP contribution < -0.4 is 0 Å². The minimum atomic E-state index is 0.841. The number of hydrogen-bond donors (Lipinski definition) is 0. The lowest BCUT2D eigenvalue weighted by atomic mass is 10.1. The Kier molecular flexibility index (Phi) is 12.4. The van der Waals surface area contributed by atoms with Gasteiger partial charge in [-0.2, -0.15) is 0 Å². The largest absolute Gasteiger partial charge is 0.299 e. The van der Waals surface area contributed by atoms with E-state index in [0.29, 0.717) is 0 Å². The maximum atomic E-state index is 9.97. The predicted octanol–water partition coefficient (Wildman–Crippen LogP) is 4.44. The van der Waals surface area contributed by atoms with Crippen LogP contribution in [-0.4, -0.2) is 6.29 Å². The number of rotatable bonds is 10. The van der Waals surface area contributed by atoms with E-state index >= 15 is 0 Å². The standard InChI is InChI=1S/C14H24O/c1-2-3-4-5-6-7-8-9-10-11-12-13-14-15/h6-7,12-14H,2-5,8-11H2,1H3. The summed E-state index contributed by atoms with van der Waals surface area (Å²) in [5, 5.41) is 0. The Morgan fingerprint density at radius 2 is 1.33 bits per heavy atom.